The molecule has 1 aliphatic rings. The summed E-state index contributed by atoms with van der Waals surface area (Å²) in [5.41, 5.74) is 9.05. The first-order chi connectivity index (χ1) is 12.5. The number of rotatable bonds is 4. The van der Waals surface area contributed by atoms with Crippen molar-refractivity contribution in [3.8, 4) is 11.3 Å². The smallest absolute Gasteiger partial charge is 0.201 e. The van der Waals surface area contributed by atoms with Gasteiger partial charge in [-0.3, -0.25) is 10.9 Å². The van der Waals surface area contributed by atoms with E-state index in [1.54, 1.807) is 12.1 Å². The number of hydrazone groups is 1. The maximum absolute atomic E-state index is 6.28. The maximum atomic E-state index is 6.28. The average molecular weight is 408 g/mol. The molecule has 2 N–H and O–H groups in total. The highest BCUT2D eigenvalue weighted by Crippen LogP contribution is 2.29. The summed E-state index contributed by atoms with van der Waals surface area (Å²) in [4.78, 5) is 4.64. The summed E-state index contributed by atoms with van der Waals surface area (Å²) in [5.74, 6) is 0. The summed E-state index contributed by atoms with van der Waals surface area (Å²) in [5, 5.41) is 8.04. The first-order valence-corrected chi connectivity index (χ1v) is 9.48. The van der Waals surface area contributed by atoms with Crippen LogP contribution in [0.25, 0.3) is 11.3 Å². The van der Waals surface area contributed by atoms with E-state index in [4.69, 9.17) is 35.4 Å². The van der Waals surface area contributed by atoms with Gasteiger partial charge in [0.15, 0.2) is 0 Å². The topological polar surface area (TPSA) is 52.6 Å². The second kappa shape index (κ2) is 8.77. The number of hydrazine groups is 1. The zero-order valence-electron chi connectivity index (χ0n) is 14.3. The fraction of sp³-hybridized carbons (Fsp3) is 0.278. The van der Waals surface area contributed by atoms with E-state index in [0.29, 0.717) is 15.2 Å². The fourth-order valence-electron chi connectivity index (χ4n) is 2.67. The van der Waals surface area contributed by atoms with Gasteiger partial charge in [0.05, 0.1) is 22.1 Å². The number of pyridine rings is 1. The maximum Gasteiger partial charge on any atom is 0.201 e. The van der Waals surface area contributed by atoms with Gasteiger partial charge >= 0.3 is 0 Å². The van der Waals surface area contributed by atoms with Crippen molar-refractivity contribution in [3.63, 3.8) is 0 Å². The van der Waals surface area contributed by atoms with Gasteiger partial charge in [0.2, 0.25) is 5.11 Å². The molecule has 2 heterocycles. The van der Waals surface area contributed by atoms with Crippen LogP contribution in [-0.2, 0) is 0 Å². The van der Waals surface area contributed by atoms with E-state index in [1.165, 1.54) is 12.8 Å². The van der Waals surface area contributed by atoms with Gasteiger partial charge in [-0.25, -0.2) is 9.99 Å². The number of hydrogen-bond acceptors (Lipinski definition) is 4. The molecule has 0 spiro atoms. The molecule has 26 heavy (non-hydrogen) atoms. The summed E-state index contributed by atoms with van der Waals surface area (Å²) < 4.78 is 0. The van der Waals surface area contributed by atoms with Crippen molar-refractivity contribution < 1.29 is 0 Å². The van der Waals surface area contributed by atoms with Crippen molar-refractivity contribution in [1.82, 2.24) is 20.8 Å². The van der Waals surface area contributed by atoms with Gasteiger partial charge in [-0.15, -0.1) is 0 Å². The van der Waals surface area contributed by atoms with Crippen molar-refractivity contribution in [2.75, 3.05) is 13.1 Å². The molecule has 1 aliphatic heterocycles. The monoisotopic (exact) mass is 407 g/mol. The SMILES string of the molecule is CC(=NNC(=S)NN1CCCC1)c1cccc(-c2ccc(Cl)cc2Cl)n1. The van der Waals surface area contributed by atoms with Crippen molar-refractivity contribution in [2.45, 2.75) is 19.8 Å². The largest absolute Gasteiger partial charge is 0.294 e. The van der Waals surface area contributed by atoms with Crippen LogP contribution in [0.15, 0.2) is 41.5 Å². The quantitative estimate of drug-likeness (QED) is 0.450. The summed E-state index contributed by atoms with van der Waals surface area (Å²) in [6.07, 6.45) is 2.36. The Balaban J connectivity index is 1.71. The molecule has 0 unspecified atom stereocenters. The van der Waals surface area contributed by atoms with Crippen LogP contribution in [0.4, 0.5) is 0 Å². The highest BCUT2D eigenvalue weighted by molar-refractivity contribution is 7.80. The van der Waals surface area contributed by atoms with Crippen molar-refractivity contribution in [3.05, 3.63) is 52.1 Å². The fourth-order valence-corrected chi connectivity index (χ4v) is 3.35. The van der Waals surface area contributed by atoms with E-state index in [9.17, 15) is 0 Å². The summed E-state index contributed by atoms with van der Waals surface area (Å²) in [6.45, 7) is 3.87. The number of nitrogens with one attached hydrogen (secondary N) is 2. The first kappa shape index (κ1) is 19.0. The Bertz CT molecular complexity index is 834. The molecular weight excluding hydrogens is 389 g/mol. The average Bonchev–Trinajstić information content (AvgIpc) is 3.12. The normalized spacial score (nSPS) is 15.1. The van der Waals surface area contributed by atoms with Crippen molar-refractivity contribution in [1.29, 1.82) is 0 Å². The third-order valence-corrected chi connectivity index (χ3v) is 4.75. The molecule has 0 bridgehead atoms. The van der Waals surface area contributed by atoms with Crippen LogP contribution in [0.2, 0.25) is 10.0 Å². The predicted octanol–water partition coefficient (Wildman–Crippen LogP) is 4.25. The Labute approximate surface area is 168 Å². The number of thiocarbonyl (C=S) groups is 1. The zero-order chi connectivity index (χ0) is 18.5. The van der Waals surface area contributed by atoms with Gasteiger partial charge < -0.3 is 0 Å². The summed E-state index contributed by atoms with van der Waals surface area (Å²) in [7, 11) is 0. The molecule has 5 nitrogen and oxygen atoms in total. The number of benzene rings is 1. The van der Waals surface area contributed by atoms with Crippen LogP contribution in [0.5, 0.6) is 0 Å². The van der Waals surface area contributed by atoms with E-state index in [0.717, 1.165) is 35.8 Å². The Morgan fingerprint density at radius 2 is 1.96 bits per heavy atom. The number of halogens is 2. The summed E-state index contributed by atoms with van der Waals surface area (Å²) >= 11 is 17.5. The Hall–Kier alpha value is -1.73. The predicted molar refractivity (Wildman–Crippen MR) is 112 cm³/mol. The Morgan fingerprint density at radius 1 is 1.19 bits per heavy atom. The molecule has 1 aromatic carbocycles. The molecule has 0 radical (unpaired) electrons. The van der Waals surface area contributed by atoms with Crippen LogP contribution in [0, 0.1) is 0 Å². The molecule has 136 valence electrons. The highest BCUT2D eigenvalue weighted by Gasteiger charge is 2.12. The van der Waals surface area contributed by atoms with Crippen LogP contribution in [0.1, 0.15) is 25.5 Å². The molecule has 0 atom stereocenters. The highest BCUT2D eigenvalue weighted by atomic mass is 35.5. The summed E-state index contributed by atoms with van der Waals surface area (Å²) in [6, 6.07) is 11.1. The van der Waals surface area contributed by atoms with E-state index in [1.807, 2.05) is 31.2 Å². The molecule has 0 saturated carbocycles. The number of hydrogen-bond donors (Lipinski definition) is 2. The van der Waals surface area contributed by atoms with Crippen LogP contribution in [-0.4, -0.2) is 33.9 Å². The molecule has 1 aromatic heterocycles. The molecule has 1 fully saturated rings. The third kappa shape index (κ3) is 4.92. The van der Waals surface area contributed by atoms with Crippen LogP contribution < -0.4 is 10.9 Å². The lowest BCUT2D eigenvalue weighted by atomic mass is 10.1. The molecule has 0 aliphatic carbocycles. The molecule has 0 amide bonds. The lowest BCUT2D eigenvalue weighted by Gasteiger charge is -2.17. The number of aromatic nitrogens is 1. The van der Waals surface area contributed by atoms with Gasteiger partial charge in [0.25, 0.3) is 0 Å². The lowest BCUT2D eigenvalue weighted by molar-refractivity contribution is 0.294. The Kier molecular flexibility index (Phi) is 6.43. The van der Waals surface area contributed by atoms with Crippen LogP contribution in [0.3, 0.4) is 0 Å². The minimum atomic E-state index is 0.475. The second-order valence-electron chi connectivity index (χ2n) is 5.98. The van der Waals surface area contributed by atoms with E-state index in [2.05, 4.69) is 25.9 Å². The first-order valence-electron chi connectivity index (χ1n) is 8.31. The van der Waals surface area contributed by atoms with Gasteiger partial charge in [0.1, 0.15) is 0 Å². The van der Waals surface area contributed by atoms with Gasteiger partial charge in [0, 0.05) is 23.7 Å². The van der Waals surface area contributed by atoms with Gasteiger partial charge in [-0.1, -0.05) is 29.3 Å². The lowest BCUT2D eigenvalue weighted by Crippen LogP contribution is -2.44. The van der Waals surface area contributed by atoms with E-state index < -0.39 is 0 Å². The Morgan fingerprint density at radius 3 is 2.69 bits per heavy atom. The molecular formula is C18H19Cl2N5S. The van der Waals surface area contributed by atoms with Crippen molar-refractivity contribution >= 4 is 46.2 Å². The van der Waals surface area contributed by atoms with Gasteiger partial charge in [-0.2, -0.15) is 5.10 Å². The standard InChI is InChI=1S/C18H19Cl2N5S/c1-12(22-23-18(26)24-25-9-2-3-10-25)16-5-4-6-17(21-16)14-8-7-13(19)11-15(14)20/h4-8,11H,2-3,9-10H2,1H3,(H2,23,24,26). The minimum absolute atomic E-state index is 0.475. The third-order valence-electron chi connectivity index (χ3n) is 4.02. The number of nitrogens with zero attached hydrogens (tertiary/aromatic N) is 3. The molecule has 1 saturated heterocycles. The second-order valence-corrected chi connectivity index (χ2v) is 7.23. The van der Waals surface area contributed by atoms with E-state index in [-0.39, 0.29) is 0 Å². The minimum Gasteiger partial charge on any atom is -0.294 e. The zero-order valence-corrected chi connectivity index (χ0v) is 16.6. The molecule has 3 rings (SSSR count). The van der Waals surface area contributed by atoms with Crippen LogP contribution >= 0.6 is 35.4 Å². The van der Waals surface area contributed by atoms with Gasteiger partial charge in [-0.05, 0) is 62.3 Å². The molecule has 2 aromatic rings. The van der Waals surface area contributed by atoms with E-state index >= 15 is 0 Å². The van der Waals surface area contributed by atoms with Crippen molar-refractivity contribution in [2.24, 2.45) is 5.10 Å². The molecule has 8 heteroatoms.